The molecule has 9 N–H and O–H groups in total. The van der Waals surface area contributed by atoms with Gasteiger partial charge >= 0.3 is 0 Å². The van der Waals surface area contributed by atoms with E-state index in [2.05, 4.69) is 31.3 Å². The Bertz CT molecular complexity index is 1440. The van der Waals surface area contributed by atoms with Crippen LogP contribution >= 0.6 is 0 Å². The molecule has 2 aliphatic rings. The third-order valence-electron chi connectivity index (χ3n) is 16.6. The summed E-state index contributed by atoms with van der Waals surface area (Å²) < 4.78 is 22.8. The number of allylic oxidation sites excluding steroid dienone is 3. The van der Waals surface area contributed by atoms with Gasteiger partial charge in [-0.1, -0.05) is 269 Å². The Hall–Kier alpha value is -1.53. The average Bonchev–Trinajstić information content (AvgIpc) is 3.46. The summed E-state index contributed by atoms with van der Waals surface area (Å²) in [5, 5.41) is 87.2. The first-order chi connectivity index (χ1) is 39.1. The topological polar surface area (TPSA) is 228 Å². The van der Waals surface area contributed by atoms with Crippen LogP contribution in [0.25, 0.3) is 0 Å². The van der Waals surface area contributed by atoms with Gasteiger partial charge in [-0.25, -0.2) is 0 Å². The van der Waals surface area contributed by atoms with Crippen molar-refractivity contribution in [1.29, 1.82) is 0 Å². The van der Waals surface area contributed by atoms with Crippen LogP contribution in [0.15, 0.2) is 24.3 Å². The number of hydrogen-bond donors (Lipinski definition) is 9. The van der Waals surface area contributed by atoms with Gasteiger partial charge in [0.25, 0.3) is 0 Å². The molecule has 14 heteroatoms. The number of aliphatic hydroxyl groups is 8. The third kappa shape index (κ3) is 36.3. The Morgan fingerprint density at radius 2 is 0.787 bits per heavy atom. The number of carbonyl (C=O) groups is 1. The summed E-state index contributed by atoms with van der Waals surface area (Å²) in [4.78, 5) is 13.2. The molecule has 2 saturated heterocycles. The fraction of sp³-hybridized carbons (Fsp3) is 0.924. The smallest absolute Gasteiger partial charge is 0.220 e. The maximum atomic E-state index is 13.2. The molecule has 14 nitrogen and oxygen atoms in total. The Kier molecular flexibility index (Phi) is 48.3. The summed E-state index contributed by atoms with van der Waals surface area (Å²) in [6, 6.07) is -0.917. The van der Waals surface area contributed by atoms with E-state index in [0.29, 0.717) is 6.42 Å². The molecule has 2 heterocycles. The molecule has 0 spiro atoms. The zero-order valence-corrected chi connectivity index (χ0v) is 51.1. The first-order valence-electron chi connectivity index (χ1n) is 33.6. The molecule has 2 aliphatic heterocycles. The first kappa shape index (κ1) is 74.6. The van der Waals surface area contributed by atoms with Gasteiger partial charge in [0, 0.05) is 6.42 Å². The molecule has 0 bridgehead atoms. The molecule has 0 aliphatic carbocycles. The highest BCUT2D eigenvalue weighted by molar-refractivity contribution is 5.76. The first-order valence-corrected chi connectivity index (χ1v) is 33.6. The summed E-state index contributed by atoms with van der Waals surface area (Å²) in [6.45, 7) is 2.81. The van der Waals surface area contributed by atoms with Crippen LogP contribution in [0.1, 0.15) is 296 Å². The van der Waals surface area contributed by atoms with Crippen LogP contribution in [-0.2, 0) is 23.7 Å². The minimum absolute atomic E-state index is 0.245. The van der Waals surface area contributed by atoms with E-state index in [9.17, 15) is 45.6 Å². The Balaban J connectivity index is 1.65. The van der Waals surface area contributed by atoms with Crippen LogP contribution in [0, 0.1) is 0 Å². The normalized spacial score (nSPS) is 24.3. The number of hydrogen-bond acceptors (Lipinski definition) is 13. The second-order valence-corrected chi connectivity index (χ2v) is 24.0. The predicted molar refractivity (Wildman–Crippen MR) is 323 cm³/mol. The van der Waals surface area contributed by atoms with Crippen LogP contribution in [-0.4, -0.2) is 140 Å². The minimum Gasteiger partial charge on any atom is -0.394 e. The van der Waals surface area contributed by atoms with Crippen molar-refractivity contribution >= 4 is 5.91 Å². The van der Waals surface area contributed by atoms with Gasteiger partial charge in [0.05, 0.1) is 32.0 Å². The third-order valence-corrected chi connectivity index (χ3v) is 16.6. The molecule has 0 saturated carbocycles. The highest BCUT2D eigenvalue weighted by Crippen LogP contribution is 2.30. The zero-order valence-electron chi connectivity index (χ0n) is 51.1. The van der Waals surface area contributed by atoms with Gasteiger partial charge in [-0.3, -0.25) is 4.79 Å². The van der Waals surface area contributed by atoms with Crippen LogP contribution < -0.4 is 5.32 Å². The van der Waals surface area contributed by atoms with Gasteiger partial charge < -0.3 is 65.1 Å². The van der Waals surface area contributed by atoms with Crippen molar-refractivity contribution in [2.24, 2.45) is 0 Å². The van der Waals surface area contributed by atoms with Crippen molar-refractivity contribution < 1.29 is 64.6 Å². The molecular weight excluding hydrogens is 1010 g/mol. The largest absolute Gasteiger partial charge is 0.394 e. The maximum Gasteiger partial charge on any atom is 0.220 e. The van der Waals surface area contributed by atoms with Crippen molar-refractivity contribution in [3.8, 4) is 0 Å². The number of nitrogens with one attached hydrogen (secondary N) is 1. The Labute approximate surface area is 488 Å². The Morgan fingerprint density at radius 1 is 0.438 bits per heavy atom. The van der Waals surface area contributed by atoms with E-state index in [0.717, 1.165) is 57.8 Å². The number of rotatable bonds is 55. The Morgan fingerprint density at radius 3 is 1.19 bits per heavy atom. The van der Waals surface area contributed by atoms with Crippen LogP contribution in [0.5, 0.6) is 0 Å². The number of aliphatic hydroxyl groups excluding tert-OH is 8. The quantitative estimate of drug-likeness (QED) is 0.0204. The molecule has 472 valence electrons. The number of amides is 1. The molecule has 80 heavy (non-hydrogen) atoms. The molecule has 0 aromatic heterocycles. The molecule has 0 radical (unpaired) electrons. The predicted octanol–water partition coefficient (Wildman–Crippen LogP) is 12.8. The van der Waals surface area contributed by atoms with Gasteiger partial charge in [0.2, 0.25) is 5.91 Å². The molecular formula is C66H125NO13. The molecule has 2 rings (SSSR count). The lowest BCUT2D eigenvalue weighted by Crippen LogP contribution is -2.65. The molecule has 12 atom stereocenters. The van der Waals surface area contributed by atoms with E-state index in [1.807, 2.05) is 6.08 Å². The second kappa shape index (κ2) is 51.9. The fourth-order valence-electron chi connectivity index (χ4n) is 11.2. The molecule has 1 amide bonds. The molecule has 12 unspecified atom stereocenters. The van der Waals surface area contributed by atoms with Gasteiger partial charge in [0.15, 0.2) is 12.6 Å². The molecule has 0 aromatic rings. The summed E-state index contributed by atoms with van der Waals surface area (Å²) in [5.74, 6) is -0.245. The van der Waals surface area contributed by atoms with Crippen LogP contribution in [0.3, 0.4) is 0 Å². The maximum absolute atomic E-state index is 13.2. The second-order valence-electron chi connectivity index (χ2n) is 24.0. The van der Waals surface area contributed by atoms with Gasteiger partial charge in [-0.15, -0.1) is 0 Å². The fourth-order valence-corrected chi connectivity index (χ4v) is 11.2. The van der Waals surface area contributed by atoms with Crippen LogP contribution in [0.4, 0.5) is 0 Å². The van der Waals surface area contributed by atoms with Crippen molar-refractivity contribution in [3.63, 3.8) is 0 Å². The average molecular weight is 1140 g/mol. The standard InChI is InChI=1S/C66H125NO13/c1-3-5-7-9-11-13-15-17-19-20-21-22-23-24-25-26-27-28-29-30-31-32-33-34-35-36-37-39-41-43-45-47-49-55(70)54(67-58(71)50-48-46-44-42-40-38-18-16-14-12-10-8-6-4-2)53-77-65-63(76)61(74)64(57(52-69)79-65)80-66-62(75)60(73)59(72)56(51-68)78-66/h16,18,47,49,54-57,59-66,68-70,72-76H,3-15,17,19-46,48,50-53H2,1-2H3,(H,67,71)/b18-16-,49-47+. The van der Waals surface area contributed by atoms with Crippen molar-refractivity contribution in [2.75, 3.05) is 19.8 Å². The number of unbranched alkanes of at least 4 members (excludes halogenated alkanes) is 40. The van der Waals surface area contributed by atoms with E-state index in [1.165, 1.54) is 212 Å². The van der Waals surface area contributed by atoms with Crippen LogP contribution in [0.2, 0.25) is 0 Å². The summed E-state index contributed by atoms with van der Waals surface area (Å²) in [6.07, 6.45) is 46.8. The molecule has 0 aromatic carbocycles. The van der Waals surface area contributed by atoms with E-state index < -0.39 is 86.8 Å². The lowest BCUT2D eigenvalue weighted by molar-refractivity contribution is -0.359. The van der Waals surface area contributed by atoms with Gasteiger partial charge in [0.1, 0.15) is 48.8 Å². The van der Waals surface area contributed by atoms with E-state index in [1.54, 1.807) is 6.08 Å². The van der Waals surface area contributed by atoms with E-state index in [4.69, 9.17) is 18.9 Å². The van der Waals surface area contributed by atoms with Crippen molar-refractivity contribution in [2.45, 2.75) is 370 Å². The highest BCUT2D eigenvalue weighted by atomic mass is 16.7. The molecule has 2 fully saturated rings. The summed E-state index contributed by atoms with van der Waals surface area (Å²) in [7, 11) is 0. The number of ether oxygens (including phenoxy) is 4. The van der Waals surface area contributed by atoms with Crippen molar-refractivity contribution in [3.05, 3.63) is 24.3 Å². The van der Waals surface area contributed by atoms with E-state index in [-0.39, 0.29) is 18.9 Å². The van der Waals surface area contributed by atoms with Crippen molar-refractivity contribution in [1.82, 2.24) is 5.32 Å². The lowest BCUT2D eigenvalue weighted by Gasteiger charge is -2.46. The summed E-state index contributed by atoms with van der Waals surface area (Å²) >= 11 is 0. The minimum atomic E-state index is -1.79. The zero-order chi connectivity index (χ0) is 58.1. The lowest BCUT2D eigenvalue weighted by atomic mass is 9.97. The highest BCUT2D eigenvalue weighted by Gasteiger charge is 2.51. The monoisotopic (exact) mass is 1140 g/mol. The number of carbonyl (C=O) groups excluding carboxylic acids is 1. The van der Waals surface area contributed by atoms with E-state index >= 15 is 0 Å². The SMILES string of the molecule is CCCCCCC/C=C\CCCCCCCC(=O)NC(COC1OC(CO)C(OC2OC(CO)C(O)C(O)C2O)C(O)C1O)C(O)/C=C/CCCCCCCCCCCCCCCCCCCCCCCCCCCCCCCC. The summed E-state index contributed by atoms with van der Waals surface area (Å²) in [5.41, 5.74) is 0. The van der Waals surface area contributed by atoms with Gasteiger partial charge in [-0.05, 0) is 44.9 Å². The van der Waals surface area contributed by atoms with Gasteiger partial charge in [-0.2, -0.15) is 0 Å².